The number of rotatable bonds is 1. The van der Waals surface area contributed by atoms with Crippen LogP contribution in [0.15, 0.2) is 18.2 Å². The summed E-state index contributed by atoms with van der Waals surface area (Å²) in [6.45, 7) is 1.78. The first-order valence-corrected chi connectivity index (χ1v) is 5.73. The van der Waals surface area contributed by atoms with E-state index < -0.39 is 5.97 Å². The predicted octanol–water partition coefficient (Wildman–Crippen LogP) is 3.65. The Hall–Kier alpha value is -1.39. The second-order valence-electron chi connectivity index (χ2n) is 3.64. The molecule has 1 N–H and O–H groups in total. The molecule has 0 aliphatic rings. The molecule has 17 heavy (non-hydrogen) atoms. The molecule has 0 fully saturated rings. The number of ether oxygens (including phenoxy) is 1. The van der Waals surface area contributed by atoms with Crippen molar-refractivity contribution in [1.29, 1.82) is 0 Å². The number of pyridine rings is 1. The van der Waals surface area contributed by atoms with Crippen molar-refractivity contribution in [3.05, 3.63) is 39.0 Å². The Morgan fingerprint density at radius 1 is 1.47 bits per heavy atom. The highest BCUT2D eigenvalue weighted by molar-refractivity contribution is 7.71. The average Bonchev–Trinajstić information content (AvgIpc) is 2.31. The molecule has 1 aromatic carbocycles. The molecule has 2 rings (SSSR count). The van der Waals surface area contributed by atoms with Crippen LogP contribution in [0.25, 0.3) is 10.9 Å². The molecule has 0 unspecified atom stereocenters. The third kappa shape index (κ3) is 2.06. The maximum absolute atomic E-state index is 11.8. The van der Waals surface area contributed by atoms with Gasteiger partial charge in [-0.25, -0.2) is 4.79 Å². The quantitative estimate of drug-likeness (QED) is 0.633. The minimum Gasteiger partial charge on any atom is -0.465 e. The van der Waals surface area contributed by atoms with Gasteiger partial charge in [0, 0.05) is 15.9 Å². The van der Waals surface area contributed by atoms with E-state index in [-0.39, 0.29) is 0 Å². The van der Waals surface area contributed by atoms with Crippen LogP contribution in [0, 0.1) is 11.6 Å². The number of methoxy groups -OCH3 is 1. The Labute approximate surface area is 108 Å². The van der Waals surface area contributed by atoms with E-state index in [4.69, 9.17) is 28.6 Å². The van der Waals surface area contributed by atoms with Gasteiger partial charge in [-0.05, 0) is 30.7 Å². The number of halogens is 1. The highest BCUT2D eigenvalue weighted by Gasteiger charge is 2.15. The highest BCUT2D eigenvalue weighted by Crippen LogP contribution is 2.25. The zero-order chi connectivity index (χ0) is 12.6. The molecule has 2 aromatic rings. The van der Waals surface area contributed by atoms with Gasteiger partial charge in [-0.15, -0.1) is 0 Å². The molecule has 0 bridgehead atoms. The summed E-state index contributed by atoms with van der Waals surface area (Å²) in [5.74, 6) is -0.408. The number of aromatic nitrogens is 1. The van der Waals surface area contributed by atoms with Crippen LogP contribution in [-0.4, -0.2) is 18.1 Å². The third-order valence-electron chi connectivity index (χ3n) is 2.60. The largest absolute Gasteiger partial charge is 0.465 e. The van der Waals surface area contributed by atoms with Gasteiger partial charge in [-0.3, -0.25) is 0 Å². The van der Waals surface area contributed by atoms with Gasteiger partial charge in [0.1, 0.15) is 4.64 Å². The normalized spacial score (nSPS) is 10.5. The number of hydrogen-bond donors (Lipinski definition) is 1. The van der Waals surface area contributed by atoms with Gasteiger partial charge in [0.2, 0.25) is 0 Å². The van der Waals surface area contributed by atoms with Crippen molar-refractivity contribution in [3.63, 3.8) is 0 Å². The van der Waals surface area contributed by atoms with E-state index in [1.54, 1.807) is 25.1 Å². The second-order valence-corrected chi connectivity index (χ2v) is 4.48. The van der Waals surface area contributed by atoms with Gasteiger partial charge in [0.05, 0.1) is 12.7 Å². The molecule has 0 saturated heterocycles. The molecule has 5 heteroatoms. The number of carbonyl (C=O) groups is 1. The fourth-order valence-electron chi connectivity index (χ4n) is 1.73. The summed E-state index contributed by atoms with van der Waals surface area (Å²) in [5, 5.41) is 1.28. The fraction of sp³-hybridized carbons (Fsp3) is 0.167. The summed E-state index contributed by atoms with van der Waals surface area (Å²) in [4.78, 5) is 14.8. The zero-order valence-electron chi connectivity index (χ0n) is 9.33. The first kappa shape index (κ1) is 12.1. The van der Waals surface area contributed by atoms with E-state index in [0.29, 0.717) is 20.8 Å². The van der Waals surface area contributed by atoms with Gasteiger partial charge in [-0.1, -0.05) is 23.8 Å². The monoisotopic (exact) mass is 267 g/mol. The lowest BCUT2D eigenvalue weighted by atomic mass is 10.0. The number of esters is 1. The van der Waals surface area contributed by atoms with Crippen LogP contribution in [0.2, 0.25) is 5.02 Å². The van der Waals surface area contributed by atoms with Crippen molar-refractivity contribution in [3.8, 4) is 0 Å². The van der Waals surface area contributed by atoms with Crippen LogP contribution < -0.4 is 0 Å². The lowest BCUT2D eigenvalue weighted by Gasteiger charge is -2.09. The smallest absolute Gasteiger partial charge is 0.338 e. The van der Waals surface area contributed by atoms with Gasteiger partial charge in [-0.2, -0.15) is 0 Å². The van der Waals surface area contributed by atoms with Crippen LogP contribution in [0.4, 0.5) is 0 Å². The third-order valence-corrected chi connectivity index (χ3v) is 3.25. The Balaban J connectivity index is 2.94. The highest BCUT2D eigenvalue weighted by atomic mass is 35.5. The standard InChI is InChI=1S/C12H10ClNO2S/c1-6-10(12(15)16-2)8-5-7(13)3-4-9(8)14-11(6)17/h3-5H,1-2H3,(H,14,17). The average molecular weight is 268 g/mol. The number of hydrogen-bond acceptors (Lipinski definition) is 3. The molecule has 0 atom stereocenters. The summed E-state index contributed by atoms with van der Waals surface area (Å²) < 4.78 is 5.31. The lowest BCUT2D eigenvalue weighted by Crippen LogP contribution is -2.06. The van der Waals surface area contributed by atoms with Crippen LogP contribution in [0.3, 0.4) is 0 Å². The molecule has 0 aliphatic heterocycles. The zero-order valence-corrected chi connectivity index (χ0v) is 10.9. The fourth-order valence-corrected chi connectivity index (χ4v) is 2.11. The molecular formula is C12H10ClNO2S. The molecular weight excluding hydrogens is 258 g/mol. The van der Waals surface area contributed by atoms with E-state index in [1.807, 2.05) is 0 Å². The topological polar surface area (TPSA) is 42.1 Å². The van der Waals surface area contributed by atoms with E-state index in [2.05, 4.69) is 4.98 Å². The van der Waals surface area contributed by atoms with Crippen LogP contribution in [0.1, 0.15) is 15.9 Å². The number of aromatic amines is 1. The van der Waals surface area contributed by atoms with Gasteiger partial charge in [0.15, 0.2) is 0 Å². The van der Waals surface area contributed by atoms with Gasteiger partial charge >= 0.3 is 5.97 Å². The van der Waals surface area contributed by atoms with E-state index >= 15 is 0 Å². The molecule has 0 spiro atoms. The van der Waals surface area contributed by atoms with E-state index in [0.717, 1.165) is 10.9 Å². The first-order chi connectivity index (χ1) is 8.04. The minimum absolute atomic E-state index is 0.408. The van der Waals surface area contributed by atoms with Crippen LogP contribution in [-0.2, 0) is 4.74 Å². The summed E-state index contributed by atoms with van der Waals surface area (Å²) in [7, 11) is 1.35. The van der Waals surface area contributed by atoms with Crippen molar-refractivity contribution in [1.82, 2.24) is 4.98 Å². The summed E-state index contributed by atoms with van der Waals surface area (Å²) >= 11 is 11.1. The first-order valence-electron chi connectivity index (χ1n) is 4.95. The number of H-pyrrole nitrogens is 1. The Bertz CT molecular complexity index is 663. The number of carbonyl (C=O) groups excluding carboxylic acids is 1. The van der Waals surface area contributed by atoms with E-state index in [1.165, 1.54) is 7.11 Å². The summed E-state index contributed by atoms with van der Waals surface area (Å²) in [6, 6.07) is 5.26. The maximum atomic E-state index is 11.8. The van der Waals surface area contributed by atoms with Gasteiger partial charge < -0.3 is 9.72 Å². The SMILES string of the molecule is COC(=O)c1c(C)c(=S)[nH]c2ccc(Cl)cc12. The molecule has 0 amide bonds. The van der Waals surface area contributed by atoms with Crippen LogP contribution >= 0.6 is 23.8 Å². The molecule has 1 aromatic heterocycles. The summed E-state index contributed by atoms with van der Waals surface area (Å²) in [6.07, 6.45) is 0. The van der Waals surface area contributed by atoms with E-state index in [9.17, 15) is 4.79 Å². The van der Waals surface area contributed by atoms with Crippen molar-refractivity contribution in [2.75, 3.05) is 7.11 Å². The lowest BCUT2D eigenvalue weighted by molar-refractivity contribution is 0.0602. The van der Waals surface area contributed by atoms with Crippen molar-refractivity contribution >= 4 is 40.7 Å². The number of benzene rings is 1. The molecule has 3 nitrogen and oxygen atoms in total. The number of fused-ring (bicyclic) bond motifs is 1. The molecule has 0 radical (unpaired) electrons. The minimum atomic E-state index is -0.408. The maximum Gasteiger partial charge on any atom is 0.338 e. The molecule has 1 heterocycles. The number of nitrogens with one attached hydrogen (secondary N) is 1. The second kappa shape index (κ2) is 4.47. The molecule has 0 saturated carbocycles. The Morgan fingerprint density at radius 3 is 2.82 bits per heavy atom. The molecule has 0 aliphatic carbocycles. The van der Waals surface area contributed by atoms with Crippen LogP contribution in [0.5, 0.6) is 0 Å². The molecule has 88 valence electrons. The van der Waals surface area contributed by atoms with Crippen molar-refractivity contribution < 1.29 is 9.53 Å². The Morgan fingerprint density at radius 2 is 2.18 bits per heavy atom. The van der Waals surface area contributed by atoms with Crippen molar-refractivity contribution in [2.45, 2.75) is 6.92 Å². The Kier molecular flexibility index (Phi) is 3.17. The summed E-state index contributed by atoms with van der Waals surface area (Å²) in [5.41, 5.74) is 1.93. The predicted molar refractivity (Wildman–Crippen MR) is 70.2 cm³/mol. The van der Waals surface area contributed by atoms with Gasteiger partial charge in [0.25, 0.3) is 0 Å². The van der Waals surface area contributed by atoms with Crippen molar-refractivity contribution in [2.24, 2.45) is 0 Å².